The molecule has 3 rings (SSSR count). The van der Waals surface area contributed by atoms with Crippen LogP contribution in [0.3, 0.4) is 0 Å². The fraction of sp³-hybridized carbons (Fsp3) is 0.250. The van der Waals surface area contributed by atoms with Crippen LogP contribution in [0.1, 0.15) is 16.0 Å². The van der Waals surface area contributed by atoms with Crippen LogP contribution in [-0.2, 0) is 16.1 Å². The van der Waals surface area contributed by atoms with E-state index in [0.717, 1.165) is 16.0 Å². The van der Waals surface area contributed by atoms with E-state index in [2.05, 4.69) is 4.98 Å². The molecule has 0 spiro atoms. The van der Waals surface area contributed by atoms with E-state index in [9.17, 15) is 9.59 Å². The van der Waals surface area contributed by atoms with Gasteiger partial charge in [-0.2, -0.15) is 0 Å². The van der Waals surface area contributed by atoms with Crippen LogP contribution < -0.4 is 5.56 Å². The minimum atomic E-state index is -0.468. The van der Waals surface area contributed by atoms with Crippen molar-refractivity contribution in [1.29, 1.82) is 0 Å². The fourth-order valence-electron chi connectivity index (χ4n) is 2.62. The first-order valence-corrected chi connectivity index (χ1v) is 10.2. The Morgan fingerprint density at radius 2 is 2.04 bits per heavy atom. The molecule has 27 heavy (non-hydrogen) atoms. The lowest BCUT2D eigenvalue weighted by atomic mass is 10.2. The molecule has 0 unspecified atom stereocenters. The Morgan fingerprint density at radius 3 is 2.74 bits per heavy atom. The third kappa shape index (κ3) is 4.31. The Morgan fingerprint density at radius 1 is 1.30 bits per heavy atom. The summed E-state index contributed by atoms with van der Waals surface area (Å²) in [7, 11) is 1.31. The van der Waals surface area contributed by atoms with Crippen LogP contribution in [0.5, 0.6) is 0 Å². The number of hydrogen-bond acceptors (Lipinski definition) is 6. The molecule has 0 aliphatic rings. The molecule has 0 amide bonds. The second kappa shape index (κ2) is 8.54. The van der Waals surface area contributed by atoms with Crippen LogP contribution in [-0.4, -0.2) is 28.4 Å². The SMILES string of the molecule is COC(=O)Cn1c(SCC=Cc2ccccc2)nc2sc(C)c(C)c2c1=O. The van der Waals surface area contributed by atoms with Gasteiger partial charge in [0.2, 0.25) is 0 Å². The molecule has 0 saturated heterocycles. The highest BCUT2D eigenvalue weighted by Crippen LogP contribution is 2.28. The van der Waals surface area contributed by atoms with Gasteiger partial charge in [-0.15, -0.1) is 11.3 Å². The van der Waals surface area contributed by atoms with Crippen LogP contribution in [0.2, 0.25) is 0 Å². The van der Waals surface area contributed by atoms with E-state index in [1.807, 2.05) is 56.3 Å². The van der Waals surface area contributed by atoms with Crippen LogP contribution >= 0.6 is 23.1 Å². The summed E-state index contributed by atoms with van der Waals surface area (Å²) in [5, 5.41) is 1.11. The molecule has 0 fully saturated rings. The molecule has 0 aliphatic carbocycles. The molecule has 0 N–H and O–H groups in total. The Kier molecular flexibility index (Phi) is 6.13. The molecule has 0 aliphatic heterocycles. The van der Waals surface area contributed by atoms with Crippen molar-refractivity contribution < 1.29 is 9.53 Å². The predicted molar refractivity (Wildman–Crippen MR) is 112 cm³/mol. The lowest BCUT2D eigenvalue weighted by Gasteiger charge is -2.10. The van der Waals surface area contributed by atoms with E-state index in [1.165, 1.54) is 34.8 Å². The molecule has 7 heteroatoms. The van der Waals surface area contributed by atoms with Crippen molar-refractivity contribution in [3.05, 3.63) is 62.8 Å². The number of aryl methyl sites for hydroxylation is 2. The number of ether oxygens (including phenoxy) is 1. The predicted octanol–water partition coefficient (Wildman–Crippen LogP) is 4.05. The van der Waals surface area contributed by atoms with E-state index in [4.69, 9.17) is 4.74 Å². The van der Waals surface area contributed by atoms with Crippen LogP contribution in [0.15, 0.2) is 46.4 Å². The van der Waals surface area contributed by atoms with Crippen LogP contribution in [0.25, 0.3) is 16.3 Å². The summed E-state index contributed by atoms with van der Waals surface area (Å²) >= 11 is 2.93. The van der Waals surface area contributed by atoms with Crippen molar-refractivity contribution in [2.24, 2.45) is 0 Å². The number of carbonyl (C=O) groups is 1. The summed E-state index contributed by atoms with van der Waals surface area (Å²) in [4.78, 5) is 31.2. The fourth-order valence-corrected chi connectivity index (χ4v) is 4.50. The van der Waals surface area contributed by atoms with E-state index in [1.54, 1.807) is 0 Å². The number of aromatic nitrogens is 2. The smallest absolute Gasteiger partial charge is 0.325 e. The number of fused-ring (bicyclic) bond motifs is 1. The lowest BCUT2D eigenvalue weighted by molar-refractivity contribution is -0.141. The van der Waals surface area contributed by atoms with Crippen LogP contribution in [0.4, 0.5) is 0 Å². The summed E-state index contributed by atoms with van der Waals surface area (Å²) in [5.41, 5.74) is 1.84. The number of rotatable bonds is 6. The second-order valence-corrected chi connectivity index (χ2v) is 8.14. The Hall–Kier alpha value is -2.38. The quantitative estimate of drug-likeness (QED) is 0.355. The van der Waals surface area contributed by atoms with E-state index < -0.39 is 5.97 Å². The zero-order valence-electron chi connectivity index (χ0n) is 15.4. The van der Waals surface area contributed by atoms with Gasteiger partial charge in [0.1, 0.15) is 11.4 Å². The summed E-state index contributed by atoms with van der Waals surface area (Å²) in [6.07, 6.45) is 4.04. The van der Waals surface area contributed by atoms with Gasteiger partial charge in [0.25, 0.3) is 5.56 Å². The number of carbonyl (C=O) groups excluding carboxylic acids is 1. The van der Waals surface area contributed by atoms with Crippen molar-refractivity contribution in [3.8, 4) is 0 Å². The highest BCUT2D eigenvalue weighted by Gasteiger charge is 2.18. The minimum Gasteiger partial charge on any atom is -0.468 e. The van der Waals surface area contributed by atoms with Gasteiger partial charge in [-0.3, -0.25) is 14.2 Å². The molecular formula is C20H20N2O3S2. The highest BCUT2D eigenvalue weighted by molar-refractivity contribution is 7.99. The third-order valence-corrected chi connectivity index (χ3v) is 6.22. The monoisotopic (exact) mass is 400 g/mol. The van der Waals surface area contributed by atoms with Gasteiger partial charge in [-0.25, -0.2) is 4.98 Å². The Labute approximate surface area is 165 Å². The highest BCUT2D eigenvalue weighted by atomic mass is 32.2. The molecule has 0 bridgehead atoms. The molecule has 5 nitrogen and oxygen atoms in total. The first kappa shape index (κ1) is 19.4. The minimum absolute atomic E-state index is 0.142. The van der Waals surface area contributed by atoms with Gasteiger partial charge in [-0.1, -0.05) is 54.2 Å². The molecule has 0 radical (unpaired) electrons. The van der Waals surface area contributed by atoms with Crippen molar-refractivity contribution in [2.45, 2.75) is 25.5 Å². The van der Waals surface area contributed by atoms with Gasteiger partial charge >= 0.3 is 5.97 Å². The Bertz CT molecular complexity index is 1050. The van der Waals surface area contributed by atoms with Crippen molar-refractivity contribution in [2.75, 3.05) is 12.9 Å². The molecular weight excluding hydrogens is 380 g/mol. The Balaban J connectivity index is 1.92. The molecule has 3 aromatic rings. The average molecular weight is 401 g/mol. The molecule has 140 valence electrons. The maximum Gasteiger partial charge on any atom is 0.325 e. The number of esters is 1. The second-order valence-electron chi connectivity index (χ2n) is 5.95. The topological polar surface area (TPSA) is 61.2 Å². The van der Waals surface area contributed by atoms with Crippen molar-refractivity contribution in [3.63, 3.8) is 0 Å². The van der Waals surface area contributed by atoms with Crippen molar-refractivity contribution in [1.82, 2.24) is 9.55 Å². The zero-order chi connectivity index (χ0) is 19.4. The molecule has 1 aromatic carbocycles. The number of hydrogen-bond donors (Lipinski definition) is 0. The number of thioether (sulfide) groups is 1. The lowest BCUT2D eigenvalue weighted by Crippen LogP contribution is -2.27. The normalized spacial score (nSPS) is 11.4. The van der Waals surface area contributed by atoms with Gasteiger partial charge in [0, 0.05) is 10.6 Å². The summed E-state index contributed by atoms with van der Waals surface area (Å²) in [6, 6.07) is 9.99. The van der Waals surface area contributed by atoms with E-state index in [0.29, 0.717) is 21.1 Å². The van der Waals surface area contributed by atoms with E-state index in [-0.39, 0.29) is 12.1 Å². The van der Waals surface area contributed by atoms with Gasteiger partial charge in [-0.05, 0) is 25.0 Å². The van der Waals surface area contributed by atoms with E-state index >= 15 is 0 Å². The molecule has 2 heterocycles. The molecule has 2 aromatic heterocycles. The van der Waals surface area contributed by atoms with Crippen molar-refractivity contribution >= 4 is 45.4 Å². The van der Waals surface area contributed by atoms with Gasteiger partial charge in [0.05, 0.1) is 12.5 Å². The molecule has 0 saturated carbocycles. The first-order valence-electron chi connectivity index (χ1n) is 8.43. The number of benzene rings is 1. The summed E-state index contributed by atoms with van der Waals surface area (Å²) in [6.45, 7) is 3.74. The number of thiophene rings is 1. The number of nitrogens with zero attached hydrogens (tertiary/aromatic N) is 2. The standard InChI is InChI=1S/C20H20N2O3S2/c1-13-14(2)27-18-17(13)19(24)22(12-16(23)25-3)20(21-18)26-11-7-10-15-8-5-4-6-9-15/h4-10H,11-12H2,1-3H3. The summed E-state index contributed by atoms with van der Waals surface area (Å²) < 4.78 is 6.16. The number of methoxy groups -OCH3 is 1. The summed E-state index contributed by atoms with van der Waals surface area (Å²) in [5.74, 6) is 0.168. The largest absolute Gasteiger partial charge is 0.468 e. The average Bonchev–Trinajstić information content (AvgIpc) is 2.96. The third-order valence-electron chi connectivity index (χ3n) is 4.19. The first-order chi connectivity index (χ1) is 13.0. The maximum absolute atomic E-state index is 13.0. The molecule has 0 atom stereocenters. The maximum atomic E-state index is 13.0. The van der Waals surface area contributed by atoms with Crippen LogP contribution in [0, 0.1) is 13.8 Å². The van der Waals surface area contributed by atoms with Gasteiger partial charge in [0.15, 0.2) is 5.16 Å². The zero-order valence-corrected chi connectivity index (χ0v) is 17.0. The van der Waals surface area contributed by atoms with Gasteiger partial charge < -0.3 is 4.74 Å².